The minimum atomic E-state index is -0.435. The predicted molar refractivity (Wildman–Crippen MR) is 82.5 cm³/mol. The third-order valence-corrected chi connectivity index (χ3v) is 4.48. The zero-order chi connectivity index (χ0) is 14.2. The van der Waals surface area contributed by atoms with Crippen LogP contribution in [-0.4, -0.2) is 22.7 Å². The number of aliphatic hydroxyl groups excluding tert-OH is 1. The van der Waals surface area contributed by atoms with E-state index in [0.29, 0.717) is 12.6 Å². The van der Waals surface area contributed by atoms with Crippen LogP contribution in [0.25, 0.3) is 0 Å². The largest absolute Gasteiger partial charge is 0.387 e. The number of aromatic nitrogens is 1. The first-order valence-corrected chi connectivity index (χ1v) is 8.07. The quantitative estimate of drug-likeness (QED) is 0.801. The average Bonchev–Trinajstić information content (AvgIpc) is 2.52. The maximum Gasteiger partial charge on any atom is 0.0915 e. The molecule has 2 rings (SSSR count). The highest BCUT2D eigenvalue weighted by atomic mass is 16.3. The van der Waals surface area contributed by atoms with Gasteiger partial charge >= 0.3 is 0 Å². The molecule has 1 aromatic rings. The van der Waals surface area contributed by atoms with E-state index in [1.165, 1.54) is 44.9 Å². The predicted octanol–water partition coefficient (Wildman–Crippen LogP) is 3.45. The van der Waals surface area contributed by atoms with Crippen molar-refractivity contribution in [1.82, 2.24) is 10.3 Å². The number of rotatable bonds is 7. The Labute approximate surface area is 122 Å². The molecule has 0 amide bonds. The summed E-state index contributed by atoms with van der Waals surface area (Å²) < 4.78 is 0. The molecule has 0 aliphatic heterocycles. The van der Waals surface area contributed by atoms with Crippen LogP contribution < -0.4 is 5.32 Å². The van der Waals surface area contributed by atoms with E-state index in [1.54, 1.807) is 12.4 Å². The third kappa shape index (κ3) is 5.22. The molecule has 0 bridgehead atoms. The second-order valence-corrected chi connectivity index (χ2v) is 6.19. The molecule has 1 aromatic heterocycles. The molecule has 1 fully saturated rings. The molecule has 1 aliphatic rings. The summed E-state index contributed by atoms with van der Waals surface area (Å²) in [5.74, 6) is 0.943. The molecule has 1 aliphatic carbocycles. The van der Waals surface area contributed by atoms with E-state index >= 15 is 0 Å². The van der Waals surface area contributed by atoms with Crippen LogP contribution in [0.1, 0.15) is 63.5 Å². The van der Waals surface area contributed by atoms with Crippen molar-refractivity contribution in [2.45, 2.75) is 64.0 Å². The van der Waals surface area contributed by atoms with E-state index < -0.39 is 6.10 Å². The first-order valence-electron chi connectivity index (χ1n) is 8.07. The second-order valence-electron chi connectivity index (χ2n) is 6.19. The highest BCUT2D eigenvalue weighted by molar-refractivity contribution is 5.13. The lowest BCUT2D eigenvalue weighted by Gasteiger charge is -2.24. The smallest absolute Gasteiger partial charge is 0.0915 e. The fourth-order valence-electron chi connectivity index (χ4n) is 3.08. The monoisotopic (exact) mass is 276 g/mol. The van der Waals surface area contributed by atoms with Gasteiger partial charge in [0.15, 0.2) is 0 Å². The van der Waals surface area contributed by atoms with Crippen molar-refractivity contribution in [2.75, 3.05) is 6.54 Å². The number of nitrogens with zero attached hydrogens (tertiary/aromatic N) is 1. The van der Waals surface area contributed by atoms with Gasteiger partial charge in [0.1, 0.15) is 0 Å². The number of aliphatic hydroxyl groups is 1. The molecule has 20 heavy (non-hydrogen) atoms. The van der Waals surface area contributed by atoms with Gasteiger partial charge in [0.2, 0.25) is 0 Å². The lowest BCUT2D eigenvalue weighted by Crippen LogP contribution is -2.31. The first kappa shape index (κ1) is 15.5. The zero-order valence-corrected chi connectivity index (χ0v) is 12.6. The van der Waals surface area contributed by atoms with Gasteiger partial charge in [-0.1, -0.05) is 32.1 Å². The zero-order valence-electron chi connectivity index (χ0n) is 12.6. The highest BCUT2D eigenvalue weighted by Crippen LogP contribution is 2.27. The van der Waals surface area contributed by atoms with Gasteiger partial charge in [0.25, 0.3) is 0 Å². The molecule has 1 heterocycles. The van der Waals surface area contributed by atoms with Gasteiger partial charge in [-0.2, -0.15) is 0 Å². The van der Waals surface area contributed by atoms with Gasteiger partial charge in [-0.05, 0) is 43.4 Å². The molecule has 0 saturated heterocycles. The minimum Gasteiger partial charge on any atom is -0.387 e. The maximum atomic E-state index is 10.1. The first-order chi connectivity index (χ1) is 9.75. The Balaban J connectivity index is 1.63. The standard InChI is InChI=1S/C17H28N2O/c1-14(7-8-15-5-3-2-4-6-15)19-13-17(20)16-9-11-18-12-10-16/h9-12,14-15,17,19-20H,2-8,13H2,1H3. The van der Waals surface area contributed by atoms with E-state index in [9.17, 15) is 5.11 Å². The summed E-state index contributed by atoms with van der Waals surface area (Å²) in [5.41, 5.74) is 0.937. The van der Waals surface area contributed by atoms with Crippen molar-refractivity contribution < 1.29 is 5.11 Å². The van der Waals surface area contributed by atoms with Crippen LogP contribution in [0.5, 0.6) is 0 Å². The van der Waals surface area contributed by atoms with Crippen LogP contribution in [0.15, 0.2) is 24.5 Å². The van der Waals surface area contributed by atoms with Crippen LogP contribution in [0.4, 0.5) is 0 Å². The van der Waals surface area contributed by atoms with Crippen LogP contribution in [0.3, 0.4) is 0 Å². The molecule has 0 radical (unpaired) electrons. The van der Waals surface area contributed by atoms with E-state index in [2.05, 4.69) is 17.2 Å². The molecule has 2 unspecified atom stereocenters. The van der Waals surface area contributed by atoms with Crippen molar-refractivity contribution in [1.29, 1.82) is 0 Å². The molecule has 3 heteroatoms. The summed E-state index contributed by atoms with van der Waals surface area (Å²) in [4.78, 5) is 3.97. The van der Waals surface area contributed by atoms with Gasteiger partial charge in [0, 0.05) is 25.0 Å². The van der Waals surface area contributed by atoms with Gasteiger partial charge in [-0.25, -0.2) is 0 Å². The van der Waals surface area contributed by atoms with E-state index in [-0.39, 0.29) is 0 Å². The molecule has 2 N–H and O–H groups in total. The summed E-state index contributed by atoms with van der Waals surface area (Å²) in [5, 5.41) is 13.5. The molecular weight excluding hydrogens is 248 g/mol. The average molecular weight is 276 g/mol. The number of hydrogen-bond donors (Lipinski definition) is 2. The normalized spacial score (nSPS) is 19.7. The number of nitrogens with one attached hydrogen (secondary N) is 1. The SMILES string of the molecule is CC(CCC1CCCCC1)NCC(O)c1ccncc1. The summed E-state index contributed by atoms with van der Waals surface area (Å²) >= 11 is 0. The lowest BCUT2D eigenvalue weighted by atomic mass is 9.85. The molecule has 0 spiro atoms. The molecule has 2 atom stereocenters. The Morgan fingerprint density at radius 3 is 2.65 bits per heavy atom. The van der Waals surface area contributed by atoms with Crippen molar-refractivity contribution in [3.63, 3.8) is 0 Å². The molecule has 1 saturated carbocycles. The molecule has 0 aromatic carbocycles. The van der Waals surface area contributed by atoms with Crippen LogP contribution in [0, 0.1) is 5.92 Å². The Bertz CT molecular complexity index is 363. The van der Waals surface area contributed by atoms with Crippen molar-refractivity contribution >= 4 is 0 Å². The van der Waals surface area contributed by atoms with Gasteiger partial charge < -0.3 is 10.4 Å². The van der Waals surface area contributed by atoms with Crippen LogP contribution in [0.2, 0.25) is 0 Å². The molecule has 3 nitrogen and oxygen atoms in total. The van der Waals surface area contributed by atoms with Crippen LogP contribution in [-0.2, 0) is 0 Å². The van der Waals surface area contributed by atoms with Gasteiger partial charge in [0.05, 0.1) is 6.10 Å². The van der Waals surface area contributed by atoms with E-state index in [1.807, 2.05) is 12.1 Å². The summed E-state index contributed by atoms with van der Waals surface area (Å²) in [6, 6.07) is 4.23. The summed E-state index contributed by atoms with van der Waals surface area (Å²) in [7, 11) is 0. The topological polar surface area (TPSA) is 45.1 Å². The van der Waals surface area contributed by atoms with Gasteiger partial charge in [-0.15, -0.1) is 0 Å². The highest BCUT2D eigenvalue weighted by Gasteiger charge is 2.15. The Morgan fingerprint density at radius 2 is 1.95 bits per heavy atom. The minimum absolute atomic E-state index is 0.435. The van der Waals surface area contributed by atoms with E-state index in [0.717, 1.165) is 11.5 Å². The third-order valence-electron chi connectivity index (χ3n) is 4.48. The summed E-state index contributed by atoms with van der Waals surface area (Å²) in [6.07, 6.45) is 12.7. The molecule has 112 valence electrons. The fraction of sp³-hybridized carbons (Fsp3) is 0.706. The van der Waals surface area contributed by atoms with Crippen LogP contribution >= 0.6 is 0 Å². The van der Waals surface area contributed by atoms with Crippen molar-refractivity contribution in [3.8, 4) is 0 Å². The maximum absolute atomic E-state index is 10.1. The van der Waals surface area contributed by atoms with E-state index in [4.69, 9.17) is 0 Å². The molecular formula is C17H28N2O. The number of hydrogen-bond acceptors (Lipinski definition) is 3. The lowest BCUT2D eigenvalue weighted by molar-refractivity contribution is 0.169. The van der Waals surface area contributed by atoms with Crippen molar-refractivity contribution in [3.05, 3.63) is 30.1 Å². The number of pyridine rings is 1. The Kier molecular flexibility index (Phi) is 6.48. The second kappa shape index (κ2) is 8.38. The van der Waals surface area contributed by atoms with Gasteiger partial charge in [-0.3, -0.25) is 4.98 Å². The Hall–Kier alpha value is -0.930. The van der Waals surface area contributed by atoms with Crippen molar-refractivity contribution in [2.24, 2.45) is 5.92 Å². The Morgan fingerprint density at radius 1 is 1.25 bits per heavy atom. The fourth-order valence-corrected chi connectivity index (χ4v) is 3.08. The summed E-state index contributed by atoms with van der Waals surface area (Å²) in [6.45, 7) is 2.85.